The Morgan fingerprint density at radius 2 is 2.50 bits per heavy atom. The number of nitrogens with two attached hydrogens (primary N) is 1. The molecule has 1 heterocycles. The topological polar surface area (TPSA) is 55.5 Å². The van der Waals surface area contributed by atoms with E-state index in [-0.39, 0.29) is 0 Å². The average Bonchev–Trinajstić information content (AvgIpc) is 2.12. The quantitative estimate of drug-likeness (QED) is 0.556. The fraction of sp³-hybridized carbons (Fsp3) is 0.143. The Balaban J connectivity index is 2.78. The maximum atomic E-state index is 10.6. The van der Waals surface area contributed by atoms with Crippen LogP contribution in [0, 0.1) is 0 Å². The highest BCUT2D eigenvalue weighted by Gasteiger charge is 2.01. The molecule has 2 N–H and O–H groups in total. The standard InChI is InChI=1S/C7H8N2O/c8-7(10)6-3-1-2-4-9-5-6/h1-2,4-5H,3H2,(H2,8,10). The zero-order chi connectivity index (χ0) is 7.40. The number of rotatable bonds is 1. The van der Waals surface area contributed by atoms with Gasteiger partial charge in [-0.1, -0.05) is 6.08 Å². The Hall–Kier alpha value is -1.38. The van der Waals surface area contributed by atoms with Gasteiger partial charge in [-0.25, -0.2) is 0 Å². The molecule has 1 rings (SSSR count). The highest BCUT2D eigenvalue weighted by Crippen LogP contribution is 2.03. The number of allylic oxidation sites excluding steroid dienone is 2. The Bertz CT molecular complexity index is 226. The maximum Gasteiger partial charge on any atom is 0.246 e. The van der Waals surface area contributed by atoms with Crippen LogP contribution in [0.1, 0.15) is 6.42 Å². The second kappa shape index (κ2) is 2.96. The number of amides is 1. The van der Waals surface area contributed by atoms with Gasteiger partial charge in [0.25, 0.3) is 0 Å². The summed E-state index contributed by atoms with van der Waals surface area (Å²) in [6.45, 7) is 0. The summed E-state index contributed by atoms with van der Waals surface area (Å²) >= 11 is 0. The van der Waals surface area contributed by atoms with Crippen LogP contribution in [0.15, 0.2) is 28.9 Å². The fourth-order valence-corrected chi connectivity index (χ4v) is 0.655. The molecule has 1 aliphatic heterocycles. The number of carbonyl (C=O) groups is 1. The van der Waals surface area contributed by atoms with Crippen molar-refractivity contribution in [3.63, 3.8) is 0 Å². The van der Waals surface area contributed by atoms with Gasteiger partial charge in [-0.2, -0.15) is 0 Å². The molecule has 1 amide bonds. The smallest absolute Gasteiger partial charge is 0.246 e. The van der Waals surface area contributed by atoms with E-state index in [0.717, 1.165) is 0 Å². The van der Waals surface area contributed by atoms with Crippen LogP contribution in [0.2, 0.25) is 0 Å². The summed E-state index contributed by atoms with van der Waals surface area (Å²) in [5, 5.41) is 0. The second-order valence-corrected chi connectivity index (χ2v) is 1.95. The summed E-state index contributed by atoms with van der Waals surface area (Å²) in [6, 6.07) is 0. The van der Waals surface area contributed by atoms with Crippen LogP contribution in [0.3, 0.4) is 0 Å². The first-order valence-electron chi connectivity index (χ1n) is 2.98. The maximum absolute atomic E-state index is 10.6. The molecule has 0 radical (unpaired) electrons. The number of carbonyl (C=O) groups excluding carboxylic acids is 1. The molecule has 0 saturated carbocycles. The lowest BCUT2D eigenvalue weighted by molar-refractivity contribution is -0.114. The van der Waals surface area contributed by atoms with E-state index in [1.807, 2.05) is 6.08 Å². The van der Waals surface area contributed by atoms with E-state index in [9.17, 15) is 4.79 Å². The van der Waals surface area contributed by atoms with Crippen molar-refractivity contribution >= 4 is 12.1 Å². The molecule has 10 heavy (non-hydrogen) atoms. The molecule has 0 aromatic carbocycles. The Morgan fingerprint density at radius 3 is 3.20 bits per heavy atom. The molecular formula is C7H8N2O. The van der Waals surface area contributed by atoms with E-state index in [4.69, 9.17) is 5.73 Å². The van der Waals surface area contributed by atoms with Crippen molar-refractivity contribution in [2.45, 2.75) is 6.42 Å². The fourth-order valence-electron chi connectivity index (χ4n) is 0.655. The van der Waals surface area contributed by atoms with Gasteiger partial charge in [0.1, 0.15) is 0 Å². The summed E-state index contributed by atoms with van der Waals surface area (Å²) in [7, 11) is 0. The molecule has 0 bridgehead atoms. The van der Waals surface area contributed by atoms with Crippen LogP contribution in [0.5, 0.6) is 0 Å². The monoisotopic (exact) mass is 136 g/mol. The summed E-state index contributed by atoms with van der Waals surface area (Å²) in [5.41, 5.74) is 5.57. The Morgan fingerprint density at radius 1 is 1.70 bits per heavy atom. The van der Waals surface area contributed by atoms with E-state index in [0.29, 0.717) is 12.0 Å². The van der Waals surface area contributed by atoms with Gasteiger partial charge in [0.05, 0.1) is 0 Å². The van der Waals surface area contributed by atoms with Gasteiger partial charge in [-0.3, -0.25) is 9.79 Å². The molecule has 0 spiro atoms. The van der Waals surface area contributed by atoms with Crippen molar-refractivity contribution in [3.8, 4) is 0 Å². The minimum Gasteiger partial charge on any atom is -0.366 e. The van der Waals surface area contributed by atoms with Crippen molar-refractivity contribution < 1.29 is 4.79 Å². The molecule has 0 atom stereocenters. The molecule has 0 unspecified atom stereocenters. The van der Waals surface area contributed by atoms with Gasteiger partial charge in [-0.15, -0.1) is 0 Å². The van der Waals surface area contributed by atoms with Crippen molar-refractivity contribution in [1.82, 2.24) is 0 Å². The van der Waals surface area contributed by atoms with E-state index >= 15 is 0 Å². The summed E-state index contributed by atoms with van der Waals surface area (Å²) < 4.78 is 0. The first kappa shape index (κ1) is 6.74. The molecule has 0 saturated heterocycles. The first-order valence-corrected chi connectivity index (χ1v) is 2.98. The predicted octanol–water partition coefficient (Wildman–Crippen LogP) is 0.386. The third-order valence-corrected chi connectivity index (χ3v) is 1.19. The normalized spacial score (nSPS) is 16.2. The van der Waals surface area contributed by atoms with E-state index in [1.54, 1.807) is 12.3 Å². The van der Waals surface area contributed by atoms with E-state index < -0.39 is 5.91 Å². The van der Waals surface area contributed by atoms with Crippen LogP contribution >= 0.6 is 0 Å². The number of hydrogen-bond donors (Lipinski definition) is 1. The third kappa shape index (κ3) is 1.55. The molecule has 0 aromatic rings. The zero-order valence-corrected chi connectivity index (χ0v) is 5.45. The number of hydrogen-bond acceptors (Lipinski definition) is 2. The summed E-state index contributed by atoms with van der Waals surface area (Å²) in [5.74, 6) is -0.399. The van der Waals surface area contributed by atoms with E-state index in [2.05, 4.69) is 4.99 Å². The minimum absolute atomic E-state index is 0.399. The lowest BCUT2D eigenvalue weighted by atomic mass is 10.2. The SMILES string of the molecule is NC(=O)C1=CN=CC=CC1. The summed E-state index contributed by atoms with van der Waals surface area (Å²) in [4.78, 5) is 14.4. The Labute approximate surface area is 58.9 Å². The van der Waals surface area contributed by atoms with Crippen molar-refractivity contribution in [1.29, 1.82) is 0 Å². The molecule has 3 nitrogen and oxygen atoms in total. The van der Waals surface area contributed by atoms with Crippen molar-refractivity contribution in [2.75, 3.05) is 0 Å². The highest BCUT2D eigenvalue weighted by molar-refractivity contribution is 5.93. The molecular weight excluding hydrogens is 128 g/mol. The van der Waals surface area contributed by atoms with Crippen LogP contribution in [-0.2, 0) is 4.79 Å². The molecule has 0 aliphatic carbocycles. The molecule has 52 valence electrons. The van der Waals surface area contributed by atoms with Gasteiger partial charge >= 0.3 is 0 Å². The second-order valence-electron chi connectivity index (χ2n) is 1.95. The van der Waals surface area contributed by atoms with E-state index in [1.165, 1.54) is 6.20 Å². The van der Waals surface area contributed by atoms with Crippen LogP contribution in [0.25, 0.3) is 0 Å². The number of primary amides is 1. The molecule has 3 heteroatoms. The summed E-state index contributed by atoms with van der Waals surface area (Å²) in [6.07, 6.45) is 7.31. The van der Waals surface area contributed by atoms with Crippen molar-refractivity contribution in [2.24, 2.45) is 10.7 Å². The first-order chi connectivity index (χ1) is 4.80. The van der Waals surface area contributed by atoms with Crippen LogP contribution in [0.4, 0.5) is 0 Å². The van der Waals surface area contributed by atoms with Gasteiger partial charge in [0, 0.05) is 18.0 Å². The van der Waals surface area contributed by atoms with Crippen LogP contribution < -0.4 is 5.73 Å². The lowest BCUT2D eigenvalue weighted by Crippen LogP contribution is -2.12. The van der Waals surface area contributed by atoms with Crippen LogP contribution in [-0.4, -0.2) is 12.1 Å². The molecule has 0 aromatic heterocycles. The van der Waals surface area contributed by atoms with Gasteiger partial charge in [0.15, 0.2) is 0 Å². The van der Waals surface area contributed by atoms with Gasteiger partial charge in [0.2, 0.25) is 5.91 Å². The number of nitrogens with zero attached hydrogens (tertiary/aromatic N) is 1. The van der Waals surface area contributed by atoms with Gasteiger partial charge < -0.3 is 5.73 Å². The largest absolute Gasteiger partial charge is 0.366 e. The zero-order valence-electron chi connectivity index (χ0n) is 5.45. The average molecular weight is 136 g/mol. The van der Waals surface area contributed by atoms with Crippen molar-refractivity contribution in [3.05, 3.63) is 23.9 Å². The lowest BCUT2D eigenvalue weighted by Gasteiger charge is -1.92. The molecule has 1 aliphatic rings. The minimum atomic E-state index is -0.399. The third-order valence-electron chi connectivity index (χ3n) is 1.19. The molecule has 0 fully saturated rings. The predicted molar refractivity (Wildman–Crippen MR) is 39.5 cm³/mol. The highest BCUT2D eigenvalue weighted by atomic mass is 16.1. The number of aliphatic imine (C=N–C) groups is 1. The van der Waals surface area contributed by atoms with Gasteiger partial charge in [-0.05, 0) is 12.5 Å². The Kier molecular flexibility index (Phi) is 1.99.